The van der Waals surface area contributed by atoms with Gasteiger partial charge in [-0.15, -0.1) is 0 Å². The van der Waals surface area contributed by atoms with Crippen molar-refractivity contribution in [3.8, 4) is 5.88 Å². The van der Waals surface area contributed by atoms with Crippen LogP contribution in [0.4, 0.5) is 8.78 Å². The fourth-order valence-corrected chi connectivity index (χ4v) is 5.29. The molecule has 0 spiro atoms. The minimum absolute atomic E-state index is 0.0317. The van der Waals surface area contributed by atoms with Crippen molar-refractivity contribution in [2.24, 2.45) is 0 Å². The number of halogens is 2. The molecule has 2 heterocycles. The average molecular weight is 436 g/mol. The van der Waals surface area contributed by atoms with Gasteiger partial charge in [-0.3, -0.25) is 4.79 Å². The van der Waals surface area contributed by atoms with E-state index in [2.05, 4.69) is 4.98 Å². The van der Waals surface area contributed by atoms with Crippen LogP contribution >= 0.6 is 0 Å². The summed E-state index contributed by atoms with van der Waals surface area (Å²) in [6.45, 7) is 0. The maximum Gasteiger partial charge on any atom is 0.264 e. The summed E-state index contributed by atoms with van der Waals surface area (Å²) in [7, 11) is -0.464. The largest absolute Gasteiger partial charge is 0.480 e. The highest BCUT2D eigenvalue weighted by atomic mass is 32.2. The number of pyridine rings is 1. The van der Waals surface area contributed by atoms with Crippen LogP contribution in [0, 0.1) is 0 Å². The summed E-state index contributed by atoms with van der Waals surface area (Å²) in [4.78, 5) is 18.7. The van der Waals surface area contributed by atoms with Gasteiger partial charge in [0.25, 0.3) is 12.3 Å². The van der Waals surface area contributed by atoms with Crippen LogP contribution in [-0.2, 0) is 9.84 Å². The Morgan fingerprint density at radius 2 is 2.00 bits per heavy atom. The second-order valence-electron chi connectivity index (χ2n) is 7.79. The molecule has 0 radical (unpaired) electrons. The van der Waals surface area contributed by atoms with E-state index in [4.69, 9.17) is 4.74 Å². The molecule has 1 aliphatic carbocycles. The van der Waals surface area contributed by atoms with Crippen molar-refractivity contribution < 1.29 is 26.7 Å². The van der Waals surface area contributed by atoms with Crippen LogP contribution in [0.5, 0.6) is 5.88 Å². The Labute approximate surface area is 173 Å². The standard InChI is InChI=1S/C21H22F2N2O4S/c1-25(14-6-7-30(27,28)11-14)21(26)17-9-13-8-16(19(22)23)15(12-4-3-5-12)10-18(13)24-20(17)29-2/h6-10,12,14,19H,3-5,11H2,1-2H3/t14-/m1/s1. The Hall–Kier alpha value is -2.55. The smallest absolute Gasteiger partial charge is 0.264 e. The molecule has 1 atom stereocenters. The zero-order valence-corrected chi connectivity index (χ0v) is 17.5. The molecule has 1 amide bonds. The molecule has 1 saturated carbocycles. The van der Waals surface area contributed by atoms with Crippen molar-refractivity contribution in [1.82, 2.24) is 9.88 Å². The number of hydrogen-bond donors (Lipinski definition) is 0. The number of hydrogen-bond acceptors (Lipinski definition) is 5. The molecule has 0 unspecified atom stereocenters. The molecular weight excluding hydrogens is 414 g/mol. The van der Waals surface area contributed by atoms with E-state index in [1.807, 2.05) is 0 Å². The van der Waals surface area contributed by atoms with Crippen LogP contribution in [0.15, 0.2) is 29.7 Å². The number of carbonyl (C=O) groups is 1. The highest BCUT2D eigenvalue weighted by molar-refractivity contribution is 7.94. The number of amides is 1. The molecule has 30 heavy (non-hydrogen) atoms. The number of alkyl halides is 2. The Morgan fingerprint density at radius 3 is 2.53 bits per heavy atom. The molecule has 0 N–H and O–H groups in total. The van der Waals surface area contributed by atoms with Gasteiger partial charge in [0, 0.05) is 23.4 Å². The van der Waals surface area contributed by atoms with Crippen LogP contribution in [0.2, 0.25) is 0 Å². The highest BCUT2D eigenvalue weighted by Gasteiger charge is 2.31. The maximum atomic E-state index is 13.7. The molecule has 1 aliphatic heterocycles. The number of nitrogens with zero attached hydrogens (tertiary/aromatic N) is 2. The minimum atomic E-state index is -3.34. The summed E-state index contributed by atoms with van der Waals surface area (Å²) < 4.78 is 56.1. The maximum absolute atomic E-state index is 13.7. The second kappa shape index (κ2) is 7.61. The van der Waals surface area contributed by atoms with Crippen molar-refractivity contribution in [3.63, 3.8) is 0 Å². The van der Waals surface area contributed by atoms with E-state index in [-0.39, 0.29) is 28.7 Å². The lowest BCUT2D eigenvalue weighted by molar-refractivity contribution is 0.0768. The first-order chi connectivity index (χ1) is 14.2. The van der Waals surface area contributed by atoms with Crippen LogP contribution in [0.1, 0.15) is 53.1 Å². The van der Waals surface area contributed by atoms with Crippen LogP contribution in [0.25, 0.3) is 10.9 Å². The molecule has 2 aliphatic rings. The molecule has 4 rings (SSSR count). The van der Waals surface area contributed by atoms with Crippen LogP contribution in [0.3, 0.4) is 0 Å². The first-order valence-electron chi connectivity index (χ1n) is 9.69. The lowest BCUT2D eigenvalue weighted by Gasteiger charge is -2.28. The lowest BCUT2D eigenvalue weighted by atomic mass is 9.78. The summed E-state index contributed by atoms with van der Waals surface area (Å²) in [5.41, 5.74) is 1.16. The Kier molecular flexibility index (Phi) is 5.25. The molecular formula is C21H22F2N2O4S. The first kappa shape index (κ1) is 20.7. The van der Waals surface area contributed by atoms with Gasteiger partial charge in [-0.05, 0) is 48.6 Å². The number of fused-ring (bicyclic) bond motifs is 1. The summed E-state index contributed by atoms with van der Waals surface area (Å²) in [6.07, 6.45) is 1.60. The Bertz CT molecular complexity index is 1140. The van der Waals surface area contributed by atoms with Crippen molar-refractivity contribution >= 4 is 26.6 Å². The van der Waals surface area contributed by atoms with Gasteiger partial charge in [-0.2, -0.15) is 0 Å². The highest BCUT2D eigenvalue weighted by Crippen LogP contribution is 2.42. The average Bonchev–Trinajstić information content (AvgIpc) is 3.03. The Balaban J connectivity index is 1.76. The third-order valence-electron chi connectivity index (χ3n) is 5.92. The van der Waals surface area contributed by atoms with E-state index in [1.165, 1.54) is 37.3 Å². The molecule has 1 aromatic heterocycles. The molecule has 1 aromatic carbocycles. The van der Waals surface area contributed by atoms with Gasteiger partial charge < -0.3 is 9.64 Å². The van der Waals surface area contributed by atoms with Crippen molar-refractivity contribution in [2.45, 2.75) is 37.6 Å². The van der Waals surface area contributed by atoms with Crippen molar-refractivity contribution in [2.75, 3.05) is 19.9 Å². The zero-order chi connectivity index (χ0) is 21.6. The monoisotopic (exact) mass is 436 g/mol. The van der Waals surface area contributed by atoms with Crippen LogP contribution < -0.4 is 4.74 Å². The number of rotatable bonds is 5. The molecule has 0 saturated heterocycles. The predicted molar refractivity (Wildman–Crippen MR) is 109 cm³/mol. The van der Waals surface area contributed by atoms with E-state index in [9.17, 15) is 22.0 Å². The molecule has 6 nitrogen and oxygen atoms in total. The van der Waals surface area contributed by atoms with Gasteiger partial charge in [-0.25, -0.2) is 22.2 Å². The fourth-order valence-electron chi connectivity index (χ4n) is 3.95. The number of sulfone groups is 1. The predicted octanol–water partition coefficient (Wildman–Crippen LogP) is 3.83. The number of ether oxygens (including phenoxy) is 1. The zero-order valence-electron chi connectivity index (χ0n) is 16.6. The quantitative estimate of drug-likeness (QED) is 0.712. The minimum Gasteiger partial charge on any atom is -0.480 e. The summed E-state index contributed by atoms with van der Waals surface area (Å²) in [6, 6.07) is 3.95. The first-order valence-corrected chi connectivity index (χ1v) is 11.4. The molecule has 1 fully saturated rings. The topological polar surface area (TPSA) is 76.6 Å². The summed E-state index contributed by atoms with van der Waals surface area (Å²) >= 11 is 0. The van der Waals surface area contributed by atoms with Gasteiger partial charge in [0.05, 0.1) is 24.4 Å². The van der Waals surface area contributed by atoms with E-state index < -0.39 is 28.2 Å². The normalized spacial score (nSPS) is 20.5. The van der Waals surface area contributed by atoms with E-state index in [0.717, 1.165) is 24.7 Å². The second-order valence-corrected chi connectivity index (χ2v) is 9.72. The van der Waals surface area contributed by atoms with Crippen molar-refractivity contribution in [3.05, 3.63) is 46.4 Å². The summed E-state index contributed by atoms with van der Waals surface area (Å²) in [5.74, 6) is -0.503. The SMILES string of the molecule is COc1nc2cc(C3CCC3)c(C(F)F)cc2cc1C(=O)N(C)[C@@H]1C=CS(=O)(=O)C1. The van der Waals surface area contributed by atoms with Gasteiger partial charge >= 0.3 is 0 Å². The fraction of sp³-hybridized carbons (Fsp3) is 0.429. The van der Waals surface area contributed by atoms with Crippen LogP contribution in [-0.4, -0.2) is 50.2 Å². The summed E-state index contributed by atoms with van der Waals surface area (Å²) in [5, 5.41) is 1.51. The van der Waals surface area contributed by atoms with Gasteiger partial charge in [0.15, 0.2) is 9.84 Å². The number of carbonyl (C=O) groups excluding carboxylic acids is 1. The third-order valence-corrected chi connectivity index (χ3v) is 7.30. The lowest BCUT2D eigenvalue weighted by Crippen LogP contribution is -2.38. The van der Waals surface area contributed by atoms with Gasteiger partial charge in [0.1, 0.15) is 5.56 Å². The van der Waals surface area contributed by atoms with E-state index >= 15 is 0 Å². The van der Waals surface area contributed by atoms with E-state index in [1.54, 1.807) is 6.07 Å². The molecule has 9 heteroatoms. The molecule has 160 valence electrons. The number of likely N-dealkylation sites (N-methyl/N-ethyl adjacent to an activating group) is 1. The van der Waals surface area contributed by atoms with Crippen molar-refractivity contribution in [1.29, 1.82) is 0 Å². The number of benzene rings is 1. The Morgan fingerprint density at radius 1 is 1.27 bits per heavy atom. The molecule has 0 bridgehead atoms. The van der Waals surface area contributed by atoms with Gasteiger partial charge in [-0.1, -0.05) is 6.42 Å². The van der Waals surface area contributed by atoms with Gasteiger partial charge in [0.2, 0.25) is 5.88 Å². The van der Waals surface area contributed by atoms with E-state index in [0.29, 0.717) is 16.5 Å². The number of aromatic nitrogens is 1. The molecule has 2 aromatic rings. The third kappa shape index (κ3) is 3.66. The number of methoxy groups -OCH3 is 1.